The Hall–Kier alpha value is -0.410. The molecule has 1 heterocycles. The van der Waals surface area contributed by atoms with Crippen LogP contribution in [0.4, 0.5) is 0 Å². The molecule has 2 saturated carbocycles. The molecule has 0 saturated heterocycles. The zero-order valence-electron chi connectivity index (χ0n) is 12.5. The molecule has 1 unspecified atom stereocenters. The van der Waals surface area contributed by atoms with E-state index in [1.807, 2.05) is 11.3 Å². The SMILES string of the molecule is CC1CCC(C(NC2CC2)c2nc3c(s2)CCC3)CC1. The molecule has 0 amide bonds. The first-order valence-corrected chi connectivity index (χ1v) is 9.36. The Balaban J connectivity index is 1.54. The van der Waals surface area contributed by atoms with Gasteiger partial charge < -0.3 is 5.32 Å². The lowest BCUT2D eigenvalue weighted by Gasteiger charge is -2.32. The van der Waals surface area contributed by atoms with Crippen molar-refractivity contribution in [3.05, 3.63) is 15.6 Å². The number of hydrogen-bond acceptors (Lipinski definition) is 3. The fourth-order valence-electron chi connectivity index (χ4n) is 3.88. The average molecular weight is 290 g/mol. The lowest BCUT2D eigenvalue weighted by molar-refractivity contribution is 0.229. The van der Waals surface area contributed by atoms with Crippen LogP contribution in [0.25, 0.3) is 0 Å². The maximum atomic E-state index is 5.02. The molecule has 0 aliphatic heterocycles. The highest BCUT2D eigenvalue weighted by Gasteiger charge is 2.34. The molecule has 1 atom stereocenters. The van der Waals surface area contributed by atoms with E-state index >= 15 is 0 Å². The normalized spacial score (nSPS) is 31.2. The summed E-state index contributed by atoms with van der Waals surface area (Å²) in [5.74, 6) is 1.77. The number of fused-ring (bicyclic) bond motifs is 1. The molecule has 3 aliphatic carbocycles. The molecule has 1 aromatic rings. The summed E-state index contributed by atoms with van der Waals surface area (Å²) in [7, 11) is 0. The Morgan fingerprint density at radius 1 is 1.10 bits per heavy atom. The largest absolute Gasteiger partial charge is 0.305 e. The first-order valence-electron chi connectivity index (χ1n) is 8.54. The lowest BCUT2D eigenvalue weighted by Crippen LogP contribution is -2.32. The lowest BCUT2D eigenvalue weighted by atomic mass is 9.79. The van der Waals surface area contributed by atoms with Gasteiger partial charge in [-0.3, -0.25) is 0 Å². The van der Waals surface area contributed by atoms with Crippen molar-refractivity contribution < 1.29 is 0 Å². The van der Waals surface area contributed by atoms with Crippen LogP contribution >= 0.6 is 11.3 Å². The fourth-order valence-corrected chi connectivity index (χ4v) is 5.18. The van der Waals surface area contributed by atoms with Gasteiger partial charge in [0.2, 0.25) is 0 Å². The molecule has 1 N–H and O–H groups in total. The van der Waals surface area contributed by atoms with Crippen molar-refractivity contribution in [3.8, 4) is 0 Å². The molecule has 0 radical (unpaired) electrons. The summed E-state index contributed by atoms with van der Waals surface area (Å²) in [5, 5.41) is 5.35. The second-order valence-electron chi connectivity index (χ2n) is 7.21. The third kappa shape index (κ3) is 2.67. The Morgan fingerprint density at radius 3 is 2.60 bits per heavy atom. The van der Waals surface area contributed by atoms with E-state index in [1.165, 1.54) is 68.5 Å². The van der Waals surface area contributed by atoms with Crippen LogP contribution in [0, 0.1) is 11.8 Å². The first-order chi connectivity index (χ1) is 9.79. The van der Waals surface area contributed by atoms with Crippen LogP contribution in [0.15, 0.2) is 0 Å². The molecule has 1 aromatic heterocycles. The second kappa shape index (κ2) is 5.42. The van der Waals surface area contributed by atoms with Crippen LogP contribution in [0.3, 0.4) is 0 Å². The zero-order chi connectivity index (χ0) is 13.5. The summed E-state index contributed by atoms with van der Waals surface area (Å²) in [5.41, 5.74) is 1.43. The standard InChI is InChI=1S/C17H26N2S/c1-11-5-7-12(8-6-11)16(18-13-9-10-13)17-19-14-3-2-4-15(14)20-17/h11-13,16,18H,2-10H2,1H3. The third-order valence-electron chi connectivity index (χ3n) is 5.40. The number of nitrogens with zero attached hydrogens (tertiary/aromatic N) is 1. The van der Waals surface area contributed by atoms with E-state index in [9.17, 15) is 0 Å². The number of thiazole rings is 1. The number of hydrogen-bond donors (Lipinski definition) is 1. The van der Waals surface area contributed by atoms with Crippen molar-refractivity contribution in [1.82, 2.24) is 10.3 Å². The molecule has 3 heteroatoms. The summed E-state index contributed by atoms with van der Waals surface area (Å²) in [6, 6.07) is 1.35. The van der Waals surface area contributed by atoms with Gasteiger partial charge in [-0.15, -0.1) is 11.3 Å². The van der Waals surface area contributed by atoms with E-state index in [0.29, 0.717) is 6.04 Å². The molecule has 3 aliphatic rings. The summed E-state index contributed by atoms with van der Waals surface area (Å²) in [4.78, 5) is 6.61. The Morgan fingerprint density at radius 2 is 1.90 bits per heavy atom. The minimum atomic E-state index is 0.561. The first kappa shape index (κ1) is 13.3. The second-order valence-corrected chi connectivity index (χ2v) is 8.33. The molecule has 0 aromatic carbocycles. The average Bonchev–Trinajstić information content (AvgIpc) is 3.01. The molecular formula is C17H26N2S. The maximum Gasteiger partial charge on any atom is 0.110 e. The number of aromatic nitrogens is 1. The molecule has 2 nitrogen and oxygen atoms in total. The summed E-state index contributed by atoms with van der Waals surface area (Å²) in [6.45, 7) is 2.41. The minimum absolute atomic E-state index is 0.561. The van der Waals surface area contributed by atoms with Gasteiger partial charge in [0.05, 0.1) is 11.7 Å². The highest BCUT2D eigenvalue weighted by Crippen LogP contribution is 2.41. The van der Waals surface area contributed by atoms with Gasteiger partial charge in [0.15, 0.2) is 0 Å². The van der Waals surface area contributed by atoms with Crippen LogP contribution in [0.1, 0.15) is 73.5 Å². The van der Waals surface area contributed by atoms with E-state index in [-0.39, 0.29) is 0 Å². The molecule has 2 fully saturated rings. The predicted molar refractivity (Wildman–Crippen MR) is 84.2 cm³/mol. The van der Waals surface area contributed by atoms with E-state index < -0.39 is 0 Å². The van der Waals surface area contributed by atoms with Crippen LogP contribution < -0.4 is 5.32 Å². The van der Waals surface area contributed by atoms with Gasteiger partial charge in [0, 0.05) is 10.9 Å². The van der Waals surface area contributed by atoms with Crippen LogP contribution in [-0.2, 0) is 12.8 Å². The van der Waals surface area contributed by atoms with E-state index in [1.54, 1.807) is 4.88 Å². The third-order valence-corrected chi connectivity index (χ3v) is 6.64. The number of aryl methyl sites for hydroxylation is 2. The van der Waals surface area contributed by atoms with Crippen LogP contribution in [0.2, 0.25) is 0 Å². The van der Waals surface area contributed by atoms with Crippen LogP contribution in [0.5, 0.6) is 0 Å². The summed E-state index contributed by atoms with van der Waals surface area (Å²) in [6.07, 6.45) is 12.2. The Bertz CT molecular complexity index is 448. The molecular weight excluding hydrogens is 264 g/mol. The van der Waals surface area contributed by atoms with Crippen molar-refractivity contribution in [2.75, 3.05) is 0 Å². The van der Waals surface area contributed by atoms with Crippen molar-refractivity contribution in [2.45, 2.75) is 76.8 Å². The quantitative estimate of drug-likeness (QED) is 0.896. The van der Waals surface area contributed by atoms with E-state index in [0.717, 1.165) is 17.9 Å². The highest BCUT2D eigenvalue weighted by molar-refractivity contribution is 7.11. The van der Waals surface area contributed by atoms with Gasteiger partial charge in [-0.2, -0.15) is 0 Å². The van der Waals surface area contributed by atoms with Gasteiger partial charge in [0.1, 0.15) is 5.01 Å². The van der Waals surface area contributed by atoms with Crippen molar-refractivity contribution in [3.63, 3.8) is 0 Å². The Kier molecular flexibility index (Phi) is 3.59. The van der Waals surface area contributed by atoms with Gasteiger partial charge in [-0.05, 0) is 56.8 Å². The van der Waals surface area contributed by atoms with Crippen molar-refractivity contribution in [2.24, 2.45) is 11.8 Å². The van der Waals surface area contributed by atoms with E-state index in [4.69, 9.17) is 4.98 Å². The van der Waals surface area contributed by atoms with Crippen molar-refractivity contribution in [1.29, 1.82) is 0 Å². The van der Waals surface area contributed by atoms with Crippen LogP contribution in [-0.4, -0.2) is 11.0 Å². The number of nitrogens with one attached hydrogen (secondary N) is 1. The monoisotopic (exact) mass is 290 g/mol. The Labute approximate surface area is 126 Å². The number of rotatable bonds is 4. The maximum absolute atomic E-state index is 5.02. The molecule has 0 spiro atoms. The summed E-state index contributed by atoms with van der Waals surface area (Å²) < 4.78 is 0. The highest BCUT2D eigenvalue weighted by atomic mass is 32.1. The molecule has 20 heavy (non-hydrogen) atoms. The smallest absolute Gasteiger partial charge is 0.110 e. The zero-order valence-corrected chi connectivity index (χ0v) is 13.3. The molecule has 0 bridgehead atoms. The minimum Gasteiger partial charge on any atom is -0.305 e. The fraction of sp³-hybridized carbons (Fsp3) is 0.824. The predicted octanol–water partition coefficient (Wildman–Crippen LogP) is 4.25. The van der Waals surface area contributed by atoms with Gasteiger partial charge >= 0.3 is 0 Å². The molecule has 4 rings (SSSR count). The molecule has 110 valence electrons. The van der Waals surface area contributed by atoms with E-state index in [2.05, 4.69) is 12.2 Å². The van der Waals surface area contributed by atoms with Gasteiger partial charge in [-0.1, -0.05) is 19.8 Å². The van der Waals surface area contributed by atoms with Gasteiger partial charge in [0.25, 0.3) is 0 Å². The van der Waals surface area contributed by atoms with Gasteiger partial charge in [-0.25, -0.2) is 4.98 Å². The van der Waals surface area contributed by atoms with Crippen molar-refractivity contribution >= 4 is 11.3 Å². The topological polar surface area (TPSA) is 24.9 Å². The summed E-state index contributed by atoms with van der Waals surface area (Å²) >= 11 is 2.02.